The van der Waals surface area contributed by atoms with Crippen LogP contribution < -0.4 is 0 Å². The van der Waals surface area contributed by atoms with Crippen molar-refractivity contribution < 1.29 is 0 Å². The summed E-state index contributed by atoms with van der Waals surface area (Å²) in [7, 11) is 0. The number of aryl methyl sites for hydroxylation is 1. The van der Waals surface area contributed by atoms with Gasteiger partial charge >= 0.3 is 0 Å². The second-order valence-electron chi connectivity index (χ2n) is 4.13. The predicted molar refractivity (Wildman–Crippen MR) is 59.9 cm³/mol. The normalized spacial score (nSPS) is 20.1. The van der Waals surface area contributed by atoms with E-state index in [1.54, 1.807) is 0 Å². The van der Waals surface area contributed by atoms with Crippen molar-refractivity contribution in [2.45, 2.75) is 25.3 Å². The first kappa shape index (κ1) is 8.65. The van der Waals surface area contributed by atoms with Crippen LogP contribution in [0.5, 0.6) is 0 Å². The monoisotopic (exact) mass is 200 g/mol. The van der Waals surface area contributed by atoms with Crippen molar-refractivity contribution in [2.24, 2.45) is 5.18 Å². The Balaban J connectivity index is 2.18. The Morgan fingerprint density at radius 1 is 1.33 bits per heavy atom. The van der Waals surface area contributed by atoms with Crippen LogP contribution in [0, 0.1) is 4.91 Å². The Hall–Kier alpha value is -1.64. The first-order chi connectivity index (χ1) is 7.38. The third kappa shape index (κ3) is 1.27. The highest BCUT2D eigenvalue weighted by molar-refractivity contribution is 5.84. The number of H-pyrrole nitrogens is 1. The molecule has 3 heteroatoms. The summed E-state index contributed by atoms with van der Waals surface area (Å²) < 4.78 is 0. The molecule has 0 saturated heterocycles. The van der Waals surface area contributed by atoms with Gasteiger partial charge in [0.2, 0.25) is 0 Å². The fourth-order valence-corrected chi connectivity index (χ4v) is 2.44. The van der Waals surface area contributed by atoms with E-state index in [9.17, 15) is 4.91 Å². The SMILES string of the molecule is O=NC1CCc2[nH]c3ccccc3c2C1. The smallest absolute Gasteiger partial charge is 0.0964 e. The van der Waals surface area contributed by atoms with Gasteiger partial charge in [-0.1, -0.05) is 23.4 Å². The van der Waals surface area contributed by atoms with E-state index in [0.29, 0.717) is 0 Å². The molecule has 0 spiro atoms. The first-order valence-electron chi connectivity index (χ1n) is 5.29. The molecular weight excluding hydrogens is 188 g/mol. The summed E-state index contributed by atoms with van der Waals surface area (Å²) in [6, 6.07) is 8.22. The minimum Gasteiger partial charge on any atom is -0.358 e. The van der Waals surface area contributed by atoms with Gasteiger partial charge in [0.05, 0.1) is 6.04 Å². The molecule has 0 fully saturated rings. The summed E-state index contributed by atoms with van der Waals surface area (Å²) in [6.45, 7) is 0. The van der Waals surface area contributed by atoms with Gasteiger partial charge < -0.3 is 4.98 Å². The third-order valence-corrected chi connectivity index (χ3v) is 3.22. The van der Waals surface area contributed by atoms with Gasteiger partial charge in [0.1, 0.15) is 0 Å². The fourth-order valence-electron chi connectivity index (χ4n) is 2.44. The van der Waals surface area contributed by atoms with Gasteiger partial charge in [-0.2, -0.15) is 4.91 Å². The van der Waals surface area contributed by atoms with Gasteiger partial charge in [-0.15, -0.1) is 0 Å². The van der Waals surface area contributed by atoms with E-state index < -0.39 is 0 Å². The van der Waals surface area contributed by atoms with E-state index in [4.69, 9.17) is 0 Å². The molecule has 1 aliphatic carbocycles. The number of aromatic nitrogens is 1. The fraction of sp³-hybridized carbons (Fsp3) is 0.333. The average molecular weight is 200 g/mol. The number of nitrogens with zero attached hydrogens (tertiary/aromatic N) is 1. The molecule has 0 aliphatic heterocycles. The molecule has 1 aliphatic rings. The Bertz CT molecular complexity index is 515. The predicted octanol–water partition coefficient (Wildman–Crippen LogP) is 2.79. The van der Waals surface area contributed by atoms with Crippen LogP contribution in [0.25, 0.3) is 10.9 Å². The largest absolute Gasteiger partial charge is 0.358 e. The summed E-state index contributed by atoms with van der Waals surface area (Å²) in [4.78, 5) is 14.0. The minimum atomic E-state index is -0.0308. The van der Waals surface area contributed by atoms with Crippen LogP contribution >= 0.6 is 0 Å². The van der Waals surface area contributed by atoms with E-state index in [0.717, 1.165) is 19.3 Å². The van der Waals surface area contributed by atoms with Crippen LogP contribution in [-0.2, 0) is 12.8 Å². The molecule has 0 bridgehead atoms. The minimum absolute atomic E-state index is 0.0308. The molecule has 1 heterocycles. The number of para-hydroxylation sites is 1. The molecule has 76 valence electrons. The zero-order valence-corrected chi connectivity index (χ0v) is 8.36. The van der Waals surface area contributed by atoms with Gasteiger partial charge in [-0.3, -0.25) is 0 Å². The molecule has 1 aromatic heterocycles. The summed E-state index contributed by atoms with van der Waals surface area (Å²) in [5.41, 5.74) is 3.76. The molecule has 3 rings (SSSR count). The number of nitroso groups, excluding NO2 is 1. The highest BCUT2D eigenvalue weighted by Gasteiger charge is 2.22. The number of rotatable bonds is 1. The summed E-state index contributed by atoms with van der Waals surface area (Å²) >= 11 is 0. The lowest BCUT2D eigenvalue weighted by Gasteiger charge is -2.15. The van der Waals surface area contributed by atoms with Gasteiger partial charge in [-0.25, -0.2) is 0 Å². The molecule has 1 aromatic carbocycles. The highest BCUT2D eigenvalue weighted by atomic mass is 16.3. The van der Waals surface area contributed by atoms with Gasteiger partial charge in [0, 0.05) is 23.0 Å². The number of nitrogens with one attached hydrogen (secondary N) is 1. The summed E-state index contributed by atoms with van der Waals surface area (Å²) in [5.74, 6) is 0. The van der Waals surface area contributed by atoms with Crippen LogP contribution in [-0.4, -0.2) is 11.0 Å². The zero-order chi connectivity index (χ0) is 10.3. The van der Waals surface area contributed by atoms with E-state index in [2.05, 4.69) is 22.3 Å². The summed E-state index contributed by atoms with van der Waals surface area (Å²) in [5, 5.41) is 4.42. The topological polar surface area (TPSA) is 45.2 Å². The molecular formula is C12H12N2O. The number of hydrogen-bond donors (Lipinski definition) is 1. The van der Waals surface area contributed by atoms with Gasteiger partial charge in [-0.05, 0) is 24.5 Å². The molecule has 1 unspecified atom stereocenters. The van der Waals surface area contributed by atoms with E-state index in [-0.39, 0.29) is 6.04 Å². The number of aromatic amines is 1. The lowest BCUT2D eigenvalue weighted by Crippen LogP contribution is -2.15. The maximum absolute atomic E-state index is 10.6. The first-order valence-corrected chi connectivity index (χ1v) is 5.29. The molecule has 1 atom stereocenters. The number of benzene rings is 1. The van der Waals surface area contributed by atoms with Crippen molar-refractivity contribution in [1.29, 1.82) is 0 Å². The molecule has 2 aromatic rings. The standard InChI is InChI=1S/C12H12N2O/c15-14-8-5-6-12-10(7-8)9-3-1-2-4-11(9)13-12/h1-4,8,13H,5-7H2. The van der Waals surface area contributed by atoms with Gasteiger partial charge in [0.15, 0.2) is 0 Å². The maximum atomic E-state index is 10.6. The summed E-state index contributed by atoms with van der Waals surface area (Å²) in [6.07, 6.45) is 2.62. The third-order valence-electron chi connectivity index (χ3n) is 3.22. The average Bonchev–Trinajstić information content (AvgIpc) is 2.66. The number of fused-ring (bicyclic) bond motifs is 3. The quantitative estimate of drug-likeness (QED) is 0.707. The molecule has 0 radical (unpaired) electrons. The van der Waals surface area contributed by atoms with Crippen LogP contribution in [0.2, 0.25) is 0 Å². The maximum Gasteiger partial charge on any atom is 0.0964 e. The Morgan fingerprint density at radius 2 is 2.20 bits per heavy atom. The van der Waals surface area contributed by atoms with E-state index in [1.807, 2.05) is 12.1 Å². The molecule has 0 saturated carbocycles. The van der Waals surface area contributed by atoms with E-state index in [1.165, 1.54) is 22.2 Å². The second kappa shape index (κ2) is 3.19. The van der Waals surface area contributed by atoms with Gasteiger partial charge in [0.25, 0.3) is 0 Å². The zero-order valence-electron chi connectivity index (χ0n) is 8.36. The molecule has 1 N–H and O–H groups in total. The number of hydrogen-bond acceptors (Lipinski definition) is 2. The van der Waals surface area contributed by atoms with Crippen LogP contribution in [0.1, 0.15) is 17.7 Å². The van der Waals surface area contributed by atoms with Crippen molar-refractivity contribution in [3.05, 3.63) is 40.4 Å². The lowest BCUT2D eigenvalue weighted by molar-refractivity contribution is 0.572. The molecule has 3 nitrogen and oxygen atoms in total. The van der Waals surface area contributed by atoms with Crippen molar-refractivity contribution in [3.8, 4) is 0 Å². The van der Waals surface area contributed by atoms with Crippen LogP contribution in [0.15, 0.2) is 29.4 Å². The van der Waals surface area contributed by atoms with Crippen molar-refractivity contribution in [3.63, 3.8) is 0 Å². The van der Waals surface area contributed by atoms with Crippen molar-refractivity contribution in [1.82, 2.24) is 4.98 Å². The molecule has 15 heavy (non-hydrogen) atoms. The molecule has 0 amide bonds. The van der Waals surface area contributed by atoms with E-state index >= 15 is 0 Å². The van der Waals surface area contributed by atoms with Crippen LogP contribution in [0.4, 0.5) is 0 Å². The van der Waals surface area contributed by atoms with Crippen molar-refractivity contribution >= 4 is 10.9 Å². The Kier molecular flexibility index (Phi) is 1.84. The van der Waals surface area contributed by atoms with Crippen molar-refractivity contribution in [2.75, 3.05) is 0 Å². The highest BCUT2D eigenvalue weighted by Crippen LogP contribution is 2.29. The Labute approximate surface area is 87.5 Å². The van der Waals surface area contributed by atoms with Crippen LogP contribution in [0.3, 0.4) is 0 Å². The lowest BCUT2D eigenvalue weighted by atomic mass is 9.92. The second-order valence-corrected chi connectivity index (χ2v) is 4.13. The Morgan fingerprint density at radius 3 is 3.07 bits per heavy atom.